The van der Waals surface area contributed by atoms with Gasteiger partial charge in [0.2, 0.25) is 5.91 Å². The highest BCUT2D eigenvalue weighted by Gasteiger charge is 2.21. The van der Waals surface area contributed by atoms with Crippen molar-refractivity contribution in [2.45, 2.75) is 13.0 Å². The van der Waals surface area contributed by atoms with E-state index in [9.17, 15) is 4.79 Å². The molecule has 94 valence electrons. The first-order valence-electron chi connectivity index (χ1n) is 5.41. The smallest absolute Gasteiger partial charge is 0.236 e. The molecule has 0 bridgehead atoms. The Kier molecular flexibility index (Phi) is 5.43. The number of nitrogens with zero attached hydrogens (tertiary/aromatic N) is 1. The lowest BCUT2D eigenvalue weighted by atomic mass is 10.00. The Morgan fingerprint density at radius 2 is 2.29 bits per heavy atom. The minimum atomic E-state index is 0. The summed E-state index contributed by atoms with van der Waals surface area (Å²) in [6.07, 6.45) is 0.949. The summed E-state index contributed by atoms with van der Waals surface area (Å²) in [5.74, 6) is 0.170. The summed E-state index contributed by atoms with van der Waals surface area (Å²) in [5.41, 5.74) is 2.60. The number of halogens is 2. The average molecular weight is 320 g/mol. The Labute approximate surface area is 116 Å². The van der Waals surface area contributed by atoms with Crippen LogP contribution < -0.4 is 5.32 Å². The molecule has 17 heavy (non-hydrogen) atoms. The lowest BCUT2D eigenvalue weighted by Gasteiger charge is -2.29. The Bertz CT molecular complexity index is 411. The van der Waals surface area contributed by atoms with Crippen molar-refractivity contribution in [3.63, 3.8) is 0 Å². The van der Waals surface area contributed by atoms with Gasteiger partial charge in [0.05, 0.1) is 6.54 Å². The first-order chi connectivity index (χ1) is 7.72. The summed E-state index contributed by atoms with van der Waals surface area (Å²) in [4.78, 5) is 13.7. The Hall–Kier alpha value is -0.580. The largest absolute Gasteiger partial charge is 0.337 e. The van der Waals surface area contributed by atoms with Crippen LogP contribution in [-0.2, 0) is 17.8 Å². The van der Waals surface area contributed by atoms with E-state index in [1.165, 1.54) is 11.1 Å². The average Bonchev–Trinajstić information content (AvgIpc) is 2.29. The van der Waals surface area contributed by atoms with Gasteiger partial charge in [-0.3, -0.25) is 4.79 Å². The third-order valence-electron chi connectivity index (χ3n) is 2.90. The normalized spacial score (nSPS) is 13.9. The molecule has 1 aromatic rings. The predicted octanol–water partition coefficient (Wildman–Crippen LogP) is 1.98. The fourth-order valence-electron chi connectivity index (χ4n) is 2.02. The maximum Gasteiger partial charge on any atom is 0.236 e. The maximum absolute atomic E-state index is 11.8. The molecule has 5 heteroatoms. The maximum atomic E-state index is 11.8. The zero-order valence-corrected chi connectivity index (χ0v) is 12.1. The molecule has 1 aliphatic rings. The molecule has 0 aliphatic carbocycles. The van der Waals surface area contributed by atoms with Crippen molar-refractivity contribution >= 4 is 34.2 Å². The summed E-state index contributed by atoms with van der Waals surface area (Å²) in [6.45, 7) is 1.96. The van der Waals surface area contributed by atoms with Gasteiger partial charge in [-0.2, -0.15) is 0 Å². The van der Waals surface area contributed by atoms with Crippen LogP contribution in [0.4, 0.5) is 0 Å². The van der Waals surface area contributed by atoms with Crippen molar-refractivity contribution in [2.75, 3.05) is 20.1 Å². The zero-order chi connectivity index (χ0) is 11.5. The van der Waals surface area contributed by atoms with Gasteiger partial charge in [-0.25, -0.2) is 0 Å². The molecule has 1 aliphatic heterocycles. The summed E-state index contributed by atoms with van der Waals surface area (Å²) >= 11 is 3.54. The minimum Gasteiger partial charge on any atom is -0.337 e. The molecular formula is C12H16BrClN2O. The van der Waals surface area contributed by atoms with E-state index >= 15 is 0 Å². The number of hydrogen-bond donors (Lipinski definition) is 1. The van der Waals surface area contributed by atoms with Crippen LogP contribution in [0.5, 0.6) is 0 Å². The van der Waals surface area contributed by atoms with Gasteiger partial charge in [0.25, 0.3) is 0 Å². The standard InChI is InChI=1S/C12H15BrN2O.ClH/c1-14-7-12(16)15-6-5-9-3-2-4-11(13)10(9)8-15;/h2-4,14H,5-8H2,1H3;1H. The second kappa shape index (κ2) is 6.38. The van der Waals surface area contributed by atoms with Crippen LogP contribution in [0.3, 0.4) is 0 Å². The molecule has 1 N–H and O–H groups in total. The van der Waals surface area contributed by atoms with E-state index in [4.69, 9.17) is 0 Å². The monoisotopic (exact) mass is 318 g/mol. The van der Waals surface area contributed by atoms with Crippen molar-refractivity contribution in [1.29, 1.82) is 0 Å². The Morgan fingerprint density at radius 1 is 1.53 bits per heavy atom. The molecule has 3 nitrogen and oxygen atoms in total. The molecule has 0 unspecified atom stereocenters. The molecule has 0 radical (unpaired) electrons. The molecule has 2 rings (SSSR count). The second-order valence-electron chi connectivity index (χ2n) is 3.97. The number of hydrogen-bond acceptors (Lipinski definition) is 2. The number of rotatable bonds is 2. The first-order valence-corrected chi connectivity index (χ1v) is 6.20. The topological polar surface area (TPSA) is 32.3 Å². The van der Waals surface area contributed by atoms with Gasteiger partial charge in [-0.15, -0.1) is 12.4 Å². The van der Waals surface area contributed by atoms with Gasteiger partial charge >= 0.3 is 0 Å². The third kappa shape index (κ3) is 3.21. The van der Waals surface area contributed by atoms with E-state index in [1.54, 1.807) is 7.05 Å². The highest BCUT2D eigenvalue weighted by atomic mass is 79.9. The minimum absolute atomic E-state index is 0. The van der Waals surface area contributed by atoms with Gasteiger partial charge in [0.15, 0.2) is 0 Å². The number of benzene rings is 1. The number of carbonyl (C=O) groups is 1. The quantitative estimate of drug-likeness (QED) is 0.904. The van der Waals surface area contributed by atoms with Gasteiger partial charge in [0.1, 0.15) is 0 Å². The van der Waals surface area contributed by atoms with Crippen LogP contribution in [0.1, 0.15) is 11.1 Å². The lowest BCUT2D eigenvalue weighted by Crippen LogP contribution is -2.40. The number of amides is 1. The van der Waals surface area contributed by atoms with E-state index in [0.717, 1.165) is 24.0 Å². The van der Waals surface area contributed by atoms with E-state index in [1.807, 2.05) is 17.0 Å². The van der Waals surface area contributed by atoms with Crippen molar-refractivity contribution < 1.29 is 4.79 Å². The van der Waals surface area contributed by atoms with Crippen LogP contribution >= 0.6 is 28.3 Å². The SMILES string of the molecule is CNCC(=O)N1CCc2cccc(Br)c2C1.Cl. The van der Waals surface area contributed by atoms with Crippen molar-refractivity contribution in [1.82, 2.24) is 10.2 Å². The van der Waals surface area contributed by atoms with Crippen molar-refractivity contribution in [3.8, 4) is 0 Å². The van der Waals surface area contributed by atoms with E-state index < -0.39 is 0 Å². The van der Waals surface area contributed by atoms with Crippen molar-refractivity contribution in [3.05, 3.63) is 33.8 Å². The number of carbonyl (C=O) groups excluding carboxylic acids is 1. The molecule has 0 atom stereocenters. The molecule has 1 aromatic carbocycles. The lowest BCUT2D eigenvalue weighted by molar-refractivity contribution is -0.131. The van der Waals surface area contributed by atoms with Gasteiger partial charge in [0, 0.05) is 17.6 Å². The Morgan fingerprint density at radius 3 is 3.00 bits per heavy atom. The van der Waals surface area contributed by atoms with Crippen LogP contribution in [0.15, 0.2) is 22.7 Å². The summed E-state index contributed by atoms with van der Waals surface area (Å²) in [7, 11) is 1.80. The molecule has 1 heterocycles. The molecule has 0 spiro atoms. The highest BCUT2D eigenvalue weighted by molar-refractivity contribution is 9.10. The van der Waals surface area contributed by atoms with Crippen LogP contribution in [0.2, 0.25) is 0 Å². The summed E-state index contributed by atoms with van der Waals surface area (Å²) in [6, 6.07) is 6.22. The molecule has 0 aromatic heterocycles. The van der Waals surface area contributed by atoms with Gasteiger partial charge < -0.3 is 10.2 Å². The van der Waals surface area contributed by atoms with E-state index in [-0.39, 0.29) is 18.3 Å². The summed E-state index contributed by atoms with van der Waals surface area (Å²) < 4.78 is 1.10. The highest BCUT2D eigenvalue weighted by Crippen LogP contribution is 2.26. The first kappa shape index (κ1) is 14.5. The molecule has 0 fully saturated rings. The van der Waals surface area contributed by atoms with Crippen LogP contribution in [0.25, 0.3) is 0 Å². The van der Waals surface area contributed by atoms with E-state index in [2.05, 4.69) is 27.3 Å². The van der Waals surface area contributed by atoms with Crippen molar-refractivity contribution in [2.24, 2.45) is 0 Å². The number of nitrogens with one attached hydrogen (secondary N) is 1. The zero-order valence-electron chi connectivity index (χ0n) is 9.70. The fourth-order valence-corrected chi connectivity index (χ4v) is 2.55. The molecule has 0 saturated carbocycles. The Balaban J connectivity index is 0.00000144. The molecule has 1 amide bonds. The van der Waals surface area contributed by atoms with E-state index in [0.29, 0.717) is 6.54 Å². The van der Waals surface area contributed by atoms with Crippen LogP contribution in [-0.4, -0.2) is 30.9 Å². The predicted molar refractivity (Wildman–Crippen MR) is 74.4 cm³/mol. The third-order valence-corrected chi connectivity index (χ3v) is 3.64. The van der Waals surface area contributed by atoms with Gasteiger partial charge in [-0.1, -0.05) is 28.1 Å². The summed E-state index contributed by atoms with van der Waals surface area (Å²) in [5, 5.41) is 2.90. The van der Waals surface area contributed by atoms with Crippen LogP contribution in [0, 0.1) is 0 Å². The second-order valence-corrected chi connectivity index (χ2v) is 4.83. The molecule has 0 saturated heterocycles. The number of fused-ring (bicyclic) bond motifs is 1. The fraction of sp³-hybridized carbons (Fsp3) is 0.417. The van der Waals surface area contributed by atoms with Gasteiger partial charge in [-0.05, 0) is 30.7 Å². The molecular weight excluding hydrogens is 304 g/mol. The number of likely N-dealkylation sites (N-methyl/N-ethyl adjacent to an activating group) is 1.